The van der Waals surface area contributed by atoms with E-state index in [1.54, 1.807) is 12.1 Å². The van der Waals surface area contributed by atoms with Gasteiger partial charge in [0.15, 0.2) is 0 Å². The first kappa shape index (κ1) is 14.8. The molecule has 1 aliphatic rings. The molecule has 0 aliphatic carbocycles. The Hall–Kier alpha value is -1.58. The van der Waals surface area contributed by atoms with E-state index in [9.17, 15) is 14.3 Å². The smallest absolute Gasteiger partial charge is 0.340 e. The lowest BCUT2D eigenvalue weighted by atomic mass is 9.74. The zero-order valence-corrected chi connectivity index (χ0v) is 12.2. The highest BCUT2D eigenvalue weighted by molar-refractivity contribution is 5.94. The van der Waals surface area contributed by atoms with Crippen LogP contribution in [-0.4, -0.2) is 24.2 Å². The van der Waals surface area contributed by atoms with Gasteiger partial charge >= 0.3 is 5.97 Å². The second kappa shape index (κ2) is 5.81. The van der Waals surface area contributed by atoms with Crippen LogP contribution in [0.3, 0.4) is 0 Å². The topological polar surface area (TPSA) is 40.5 Å². The number of aromatic carboxylic acids is 1. The summed E-state index contributed by atoms with van der Waals surface area (Å²) < 4.78 is 13.7. The molecule has 0 amide bonds. The van der Waals surface area contributed by atoms with Crippen LogP contribution in [0.5, 0.6) is 0 Å². The highest BCUT2D eigenvalue weighted by atomic mass is 19.1. The average molecular weight is 279 g/mol. The van der Waals surface area contributed by atoms with E-state index in [0.29, 0.717) is 11.1 Å². The second-order valence-corrected chi connectivity index (χ2v) is 5.63. The number of carbonyl (C=O) groups is 1. The van der Waals surface area contributed by atoms with Gasteiger partial charge in [-0.25, -0.2) is 9.18 Å². The molecule has 3 nitrogen and oxygen atoms in total. The number of rotatable bonds is 4. The van der Waals surface area contributed by atoms with Gasteiger partial charge in [0.1, 0.15) is 11.4 Å². The summed E-state index contributed by atoms with van der Waals surface area (Å²) in [7, 11) is 0. The number of carboxylic acid groups (broad SMARTS) is 1. The molecule has 0 bridgehead atoms. The Labute approximate surface area is 119 Å². The second-order valence-electron chi connectivity index (χ2n) is 5.63. The lowest BCUT2D eigenvalue weighted by molar-refractivity contribution is 0.0692. The van der Waals surface area contributed by atoms with E-state index in [-0.39, 0.29) is 5.56 Å². The van der Waals surface area contributed by atoms with Gasteiger partial charge in [-0.15, -0.1) is 0 Å². The number of anilines is 1. The van der Waals surface area contributed by atoms with Crippen molar-refractivity contribution in [3.8, 4) is 0 Å². The predicted molar refractivity (Wildman–Crippen MR) is 77.8 cm³/mol. The minimum atomic E-state index is -1.19. The summed E-state index contributed by atoms with van der Waals surface area (Å²) in [5.41, 5.74) is 0.680. The highest BCUT2D eigenvalue weighted by Gasteiger charge is 2.32. The molecule has 1 saturated heterocycles. The first-order valence-corrected chi connectivity index (χ1v) is 7.30. The molecule has 0 unspecified atom stereocenters. The van der Waals surface area contributed by atoms with Crippen LogP contribution in [0.15, 0.2) is 18.2 Å². The van der Waals surface area contributed by atoms with E-state index >= 15 is 0 Å². The van der Waals surface area contributed by atoms with Crippen molar-refractivity contribution in [2.24, 2.45) is 5.41 Å². The third-order valence-corrected chi connectivity index (χ3v) is 4.87. The highest BCUT2D eigenvalue weighted by Crippen LogP contribution is 2.39. The Bertz CT molecular complexity index is 487. The first-order valence-electron chi connectivity index (χ1n) is 7.30. The fraction of sp³-hybridized carbons (Fsp3) is 0.562. The van der Waals surface area contributed by atoms with Crippen LogP contribution < -0.4 is 4.90 Å². The van der Waals surface area contributed by atoms with E-state index in [4.69, 9.17) is 0 Å². The van der Waals surface area contributed by atoms with Crippen molar-refractivity contribution in [3.05, 3.63) is 29.6 Å². The molecule has 2 rings (SSSR count). The van der Waals surface area contributed by atoms with Gasteiger partial charge in [0, 0.05) is 13.1 Å². The number of benzene rings is 1. The van der Waals surface area contributed by atoms with Gasteiger partial charge in [-0.2, -0.15) is 0 Å². The summed E-state index contributed by atoms with van der Waals surface area (Å²) in [6.07, 6.45) is 4.36. The van der Waals surface area contributed by atoms with Crippen LogP contribution in [0.25, 0.3) is 0 Å². The first-order chi connectivity index (χ1) is 9.53. The Balaban J connectivity index is 2.23. The van der Waals surface area contributed by atoms with Crippen LogP contribution in [-0.2, 0) is 0 Å². The van der Waals surface area contributed by atoms with Crippen LogP contribution in [0, 0.1) is 11.2 Å². The van der Waals surface area contributed by atoms with Crippen LogP contribution in [0.4, 0.5) is 10.1 Å². The summed E-state index contributed by atoms with van der Waals surface area (Å²) in [4.78, 5) is 13.3. The summed E-state index contributed by atoms with van der Waals surface area (Å²) in [5.74, 6) is -1.85. The van der Waals surface area contributed by atoms with Gasteiger partial charge in [-0.05, 0) is 30.4 Å². The number of piperidine rings is 1. The third kappa shape index (κ3) is 2.65. The molecule has 1 aromatic rings. The van der Waals surface area contributed by atoms with E-state index in [1.165, 1.54) is 6.07 Å². The van der Waals surface area contributed by atoms with Crippen LogP contribution in [0.2, 0.25) is 0 Å². The van der Waals surface area contributed by atoms with Crippen molar-refractivity contribution in [2.45, 2.75) is 39.5 Å². The minimum absolute atomic E-state index is 0.201. The van der Waals surface area contributed by atoms with Crippen molar-refractivity contribution in [1.82, 2.24) is 0 Å². The molecule has 110 valence electrons. The Morgan fingerprint density at radius 3 is 2.40 bits per heavy atom. The molecule has 0 aromatic heterocycles. The summed E-state index contributed by atoms with van der Waals surface area (Å²) in [5, 5.41) is 9.21. The predicted octanol–water partition coefficient (Wildman–Crippen LogP) is 3.93. The fourth-order valence-corrected chi connectivity index (χ4v) is 3.17. The summed E-state index contributed by atoms with van der Waals surface area (Å²) in [6, 6.07) is 4.50. The fourth-order valence-electron chi connectivity index (χ4n) is 3.17. The number of nitrogens with zero attached hydrogens (tertiary/aromatic N) is 1. The van der Waals surface area contributed by atoms with E-state index in [1.807, 2.05) is 4.90 Å². The molecular formula is C16H22FNO2. The normalized spacial score (nSPS) is 18.1. The van der Waals surface area contributed by atoms with Crippen molar-refractivity contribution in [3.63, 3.8) is 0 Å². The monoisotopic (exact) mass is 279 g/mol. The molecule has 1 aromatic carbocycles. The Morgan fingerprint density at radius 2 is 1.90 bits per heavy atom. The molecule has 0 atom stereocenters. The molecule has 1 heterocycles. The lowest BCUT2D eigenvalue weighted by Crippen LogP contribution is -2.40. The number of hydrogen-bond acceptors (Lipinski definition) is 2. The Kier molecular flexibility index (Phi) is 4.31. The van der Waals surface area contributed by atoms with Crippen molar-refractivity contribution < 1.29 is 14.3 Å². The average Bonchev–Trinajstić information content (AvgIpc) is 2.46. The van der Waals surface area contributed by atoms with Gasteiger partial charge in [-0.3, -0.25) is 0 Å². The van der Waals surface area contributed by atoms with E-state index in [2.05, 4.69) is 13.8 Å². The number of hydrogen-bond donors (Lipinski definition) is 1. The van der Waals surface area contributed by atoms with Crippen molar-refractivity contribution in [2.75, 3.05) is 18.0 Å². The zero-order valence-electron chi connectivity index (χ0n) is 12.2. The van der Waals surface area contributed by atoms with Crippen molar-refractivity contribution >= 4 is 11.7 Å². The molecule has 0 spiro atoms. The molecule has 4 heteroatoms. The minimum Gasteiger partial charge on any atom is -0.478 e. The van der Waals surface area contributed by atoms with Crippen molar-refractivity contribution in [1.29, 1.82) is 0 Å². The summed E-state index contributed by atoms with van der Waals surface area (Å²) in [6.45, 7) is 6.02. The quantitative estimate of drug-likeness (QED) is 0.907. The SMILES string of the molecule is CCC1(CC)CCN(c2cccc(F)c2C(=O)O)CC1. The maximum atomic E-state index is 13.7. The summed E-state index contributed by atoms with van der Waals surface area (Å²) >= 11 is 0. The molecule has 1 N–H and O–H groups in total. The molecule has 20 heavy (non-hydrogen) atoms. The standard InChI is InChI=1S/C16H22FNO2/c1-3-16(4-2)8-10-18(11-9-16)13-7-5-6-12(17)14(13)15(19)20/h5-7H,3-4,8-11H2,1-2H3,(H,19,20). The largest absolute Gasteiger partial charge is 0.478 e. The van der Waals surface area contributed by atoms with E-state index in [0.717, 1.165) is 38.8 Å². The molecule has 0 radical (unpaired) electrons. The maximum absolute atomic E-state index is 13.7. The van der Waals surface area contributed by atoms with Gasteiger partial charge in [-0.1, -0.05) is 32.8 Å². The zero-order chi connectivity index (χ0) is 14.8. The molecular weight excluding hydrogens is 257 g/mol. The van der Waals surface area contributed by atoms with Gasteiger partial charge in [0.2, 0.25) is 0 Å². The molecule has 1 aliphatic heterocycles. The Morgan fingerprint density at radius 1 is 1.30 bits per heavy atom. The third-order valence-electron chi connectivity index (χ3n) is 4.87. The number of halogens is 1. The maximum Gasteiger partial charge on any atom is 0.340 e. The van der Waals surface area contributed by atoms with E-state index < -0.39 is 11.8 Å². The van der Waals surface area contributed by atoms with Gasteiger partial charge < -0.3 is 10.0 Å². The van der Waals surface area contributed by atoms with Gasteiger partial charge in [0.25, 0.3) is 0 Å². The number of carboxylic acids is 1. The molecule has 0 saturated carbocycles. The van der Waals surface area contributed by atoms with Crippen LogP contribution >= 0.6 is 0 Å². The molecule has 1 fully saturated rings. The van der Waals surface area contributed by atoms with Gasteiger partial charge in [0.05, 0.1) is 5.69 Å². The lowest BCUT2D eigenvalue weighted by Gasteiger charge is -2.42. The van der Waals surface area contributed by atoms with Crippen LogP contribution in [0.1, 0.15) is 49.9 Å².